The molecule has 0 bridgehead atoms. The minimum absolute atomic E-state index is 0.159. The molecular formula is C17H19AsF3N3OS. The first-order chi connectivity index (χ1) is 12.2. The number of amides is 2. The van der Waals surface area contributed by atoms with Gasteiger partial charge in [-0.2, -0.15) is 13.2 Å². The van der Waals surface area contributed by atoms with Crippen molar-refractivity contribution in [3.8, 4) is 5.69 Å². The number of hydrogen-bond acceptors (Lipinski definition) is 2. The first kappa shape index (κ1) is 19.2. The number of aryl methyl sites for hydroxylation is 1. The predicted molar refractivity (Wildman–Crippen MR) is 97.4 cm³/mol. The Labute approximate surface area is 161 Å². The summed E-state index contributed by atoms with van der Waals surface area (Å²) in [4.78, 5) is 20.0. The molecule has 4 nitrogen and oxygen atoms in total. The maximum absolute atomic E-state index is 12.7. The summed E-state index contributed by atoms with van der Waals surface area (Å²) < 4.78 is 40.4. The SMILES string of the molecule is Cc1cn(-c2ccc(C(F)(F)F)cc2)c(=NC(=O)N2CC[C@H]([AsH2])[C@H]2C)s1. The zero-order chi connectivity index (χ0) is 19.1. The molecule has 0 saturated carbocycles. The summed E-state index contributed by atoms with van der Waals surface area (Å²) in [6.45, 7) is 4.59. The van der Waals surface area contributed by atoms with E-state index in [1.807, 2.05) is 13.8 Å². The molecule has 1 unspecified atom stereocenters. The number of urea groups is 1. The topological polar surface area (TPSA) is 37.6 Å². The Balaban J connectivity index is 1.95. The van der Waals surface area contributed by atoms with Gasteiger partial charge in [0.25, 0.3) is 0 Å². The Morgan fingerprint density at radius 1 is 1.31 bits per heavy atom. The average molecular weight is 445 g/mol. The van der Waals surface area contributed by atoms with Gasteiger partial charge in [0.05, 0.1) is 0 Å². The fraction of sp³-hybridized carbons (Fsp3) is 0.412. The summed E-state index contributed by atoms with van der Waals surface area (Å²) in [5.41, 5.74) is -0.162. The summed E-state index contributed by atoms with van der Waals surface area (Å²) in [6, 6.07) is 4.72. The Bertz CT molecular complexity index is 873. The van der Waals surface area contributed by atoms with Crippen LogP contribution in [0, 0.1) is 6.92 Å². The number of hydrogen-bond donors (Lipinski definition) is 0. The zero-order valence-electron chi connectivity index (χ0n) is 14.3. The molecule has 0 radical (unpaired) electrons. The second-order valence-corrected chi connectivity index (χ2v) is 9.33. The van der Waals surface area contributed by atoms with E-state index >= 15 is 0 Å². The van der Waals surface area contributed by atoms with Gasteiger partial charge in [-0.05, 0) is 0 Å². The molecule has 26 heavy (non-hydrogen) atoms. The Morgan fingerprint density at radius 3 is 2.50 bits per heavy atom. The Hall–Kier alpha value is -1.53. The van der Waals surface area contributed by atoms with Crippen LogP contribution >= 0.6 is 11.3 Å². The van der Waals surface area contributed by atoms with Gasteiger partial charge in [-0.15, -0.1) is 0 Å². The van der Waals surface area contributed by atoms with Gasteiger partial charge in [-0.25, -0.2) is 0 Å². The van der Waals surface area contributed by atoms with Crippen molar-refractivity contribution < 1.29 is 18.0 Å². The number of thiazole rings is 1. The summed E-state index contributed by atoms with van der Waals surface area (Å²) in [6.07, 6.45) is -1.62. The average Bonchev–Trinajstić information content (AvgIpc) is 3.10. The van der Waals surface area contributed by atoms with Gasteiger partial charge in [-0.1, -0.05) is 0 Å². The molecule has 1 aliphatic heterocycles. The molecule has 2 heterocycles. The predicted octanol–water partition coefficient (Wildman–Crippen LogP) is 3.40. The van der Waals surface area contributed by atoms with Gasteiger partial charge >= 0.3 is 149 Å². The van der Waals surface area contributed by atoms with Crippen LogP contribution in [0.15, 0.2) is 35.5 Å². The number of carbonyl (C=O) groups is 1. The van der Waals surface area contributed by atoms with Crippen LogP contribution in [0.5, 0.6) is 0 Å². The third kappa shape index (κ3) is 3.91. The third-order valence-corrected chi connectivity index (χ3v) is 7.26. The first-order valence-corrected chi connectivity index (χ1v) is 10.4. The summed E-state index contributed by atoms with van der Waals surface area (Å²) in [7, 11) is 0. The second kappa shape index (κ2) is 7.23. The minimum atomic E-state index is -4.37. The van der Waals surface area contributed by atoms with E-state index in [1.165, 1.54) is 23.5 Å². The number of nitrogens with zero attached hydrogens (tertiary/aromatic N) is 3. The van der Waals surface area contributed by atoms with Gasteiger partial charge in [-0.3, -0.25) is 0 Å². The van der Waals surface area contributed by atoms with Gasteiger partial charge in [0, 0.05) is 0 Å². The number of carbonyl (C=O) groups excluding carboxylic acids is 1. The third-order valence-electron chi connectivity index (χ3n) is 4.49. The summed E-state index contributed by atoms with van der Waals surface area (Å²) in [5.74, 6) is 0. The molecule has 3 rings (SSSR count). The second-order valence-electron chi connectivity index (χ2n) is 6.32. The van der Waals surface area contributed by atoms with Crippen molar-refractivity contribution in [3.05, 3.63) is 45.7 Å². The van der Waals surface area contributed by atoms with Crippen molar-refractivity contribution in [2.45, 2.75) is 37.2 Å². The van der Waals surface area contributed by atoms with E-state index in [1.54, 1.807) is 32.5 Å². The summed E-state index contributed by atoms with van der Waals surface area (Å²) in [5, 5.41) is 0. The van der Waals surface area contributed by atoms with Crippen LogP contribution in [0.2, 0.25) is 4.71 Å². The van der Waals surface area contributed by atoms with Crippen LogP contribution in [0.3, 0.4) is 0 Å². The fourth-order valence-corrected chi connectivity index (χ4v) is 4.48. The van der Waals surface area contributed by atoms with E-state index in [4.69, 9.17) is 0 Å². The molecule has 0 aliphatic carbocycles. The van der Waals surface area contributed by atoms with Gasteiger partial charge in [0.1, 0.15) is 0 Å². The van der Waals surface area contributed by atoms with Crippen molar-refractivity contribution in [2.24, 2.45) is 4.99 Å². The van der Waals surface area contributed by atoms with E-state index in [9.17, 15) is 18.0 Å². The van der Waals surface area contributed by atoms with Gasteiger partial charge in [0.2, 0.25) is 0 Å². The van der Waals surface area contributed by atoms with E-state index in [0.717, 1.165) is 23.4 Å². The first-order valence-electron chi connectivity index (χ1n) is 8.14. The summed E-state index contributed by atoms with van der Waals surface area (Å²) >= 11 is 2.97. The standard InChI is InChI=1S/C17H19AsF3N3OS/c1-10-9-24(13-5-3-12(4-6-13)17(19,20)21)16(26-10)22-15(25)23-8-7-14(18)11(23)2/h3-6,9,11,14H,7-8,18H2,1-2H3/t11-,14+/m1/s1. The molecule has 1 saturated heterocycles. The van der Waals surface area contributed by atoms with Crippen molar-refractivity contribution in [1.29, 1.82) is 0 Å². The van der Waals surface area contributed by atoms with Crippen LogP contribution in [0.4, 0.5) is 18.0 Å². The van der Waals surface area contributed by atoms with E-state index < -0.39 is 11.7 Å². The Morgan fingerprint density at radius 2 is 1.96 bits per heavy atom. The molecule has 1 aromatic carbocycles. The molecule has 2 aromatic rings. The fourth-order valence-electron chi connectivity index (χ4n) is 2.91. The van der Waals surface area contributed by atoms with Crippen LogP contribution < -0.4 is 4.80 Å². The van der Waals surface area contributed by atoms with E-state index in [-0.39, 0.29) is 12.1 Å². The number of halogens is 3. The zero-order valence-corrected chi connectivity index (χ0v) is 17.6. The number of benzene rings is 1. The number of likely N-dealkylation sites (tertiary alicyclic amines) is 1. The van der Waals surface area contributed by atoms with Crippen LogP contribution in [-0.4, -0.2) is 44.9 Å². The molecule has 1 fully saturated rings. The normalized spacial score (nSPS) is 21.5. The maximum atomic E-state index is 12.7. The quantitative estimate of drug-likeness (QED) is 0.621. The monoisotopic (exact) mass is 445 g/mol. The molecule has 3 atom stereocenters. The molecule has 0 spiro atoms. The number of aromatic nitrogens is 1. The molecule has 140 valence electrons. The van der Waals surface area contributed by atoms with Gasteiger partial charge in [0.15, 0.2) is 0 Å². The number of rotatable bonds is 1. The molecule has 1 aliphatic rings. The van der Waals surface area contributed by atoms with E-state index in [2.05, 4.69) is 4.99 Å². The van der Waals surface area contributed by atoms with E-state index in [0.29, 0.717) is 21.7 Å². The molecule has 2 amide bonds. The van der Waals surface area contributed by atoms with Crippen molar-refractivity contribution >= 4 is 34.2 Å². The van der Waals surface area contributed by atoms with Crippen LogP contribution in [-0.2, 0) is 6.18 Å². The van der Waals surface area contributed by atoms with Crippen molar-refractivity contribution in [3.63, 3.8) is 0 Å². The molecule has 1 aromatic heterocycles. The number of alkyl halides is 3. The molecule has 9 heteroatoms. The molecule has 0 N–H and O–H groups in total. The van der Waals surface area contributed by atoms with Crippen LogP contribution in [0.25, 0.3) is 5.69 Å². The Kier molecular flexibility index (Phi) is 5.35. The van der Waals surface area contributed by atoms with Crippen molar-refractivity contribution in [1.82, 2.24) is 9.47 Å². The van der Waals surface area contributed by atoms with Crippen LogP contribution in [0.1, 0.15) is 23.8 Å². The van der Waals surface area contributed by atoms with Gasteiger partial charge < -0.3 is 0 Å². The van der Waals surface area contributed by atoms with Crippen molar-refractivity contribution in [2.75, 3.05) is 6.54 Å². The molecular weight excluding hydrogens is 426 g/mol.